The third kappa shape index (κ3) is 3.30. The number of rotatable bonds is 5. The van der Waals surface area contributed by atoms with E-state index >= 15 is 0 Å². The number of methoxy groups -OCH3 is 1. The second kappa shape index (κ2) is 7.26. The molecule has 1 aliphatic heterocycles. The van der Waals surface area contributed by atoms with Crippen LogP contribution in [0.15, 0.2) is 22.7 Å². The molecule has 1 saturated heterocycles. The fourth-order valence-electron chi connectivity index (χ4n) is 3.64. The highest BCUT2D eigenvalue weighted by molar-refractivity contribution is 9.10. The van der Waals surface area contributed by atoms with Crippen molar-refractivity contribution in [1.82, 2.24) is 15.5 Å². The standard InChI is InChI=1S/C18H22BrN3O4/c1-11(22-16(24)18(21-17(22)25)7-3-4-8-18)15(23)20-10-12-9-13(19)5-6-14(12)26-2/h5-6,9,11H,3-4,7-8,10H2,1-2H3,(H,20,23)(H,21,25). The topological polar surface area (TPSA) is 87.7 Å². The first-order valence-corrected chi connectivity index (χ1v) is 9.43. The van der Waals surface area contributed by atoms with E-state index in [-0.39, 0.29) is 18.4 Å². The lowest BCUT2D eigenvalue weighted by Gasteiger charge is -2.23. The Bertz CT molecular complexity index is 746. The van der Waals surface area contributed by atoms with Gasteiger partial charge in [-0.15, -0.1) is 0 Å². The summed E-state index contributed by atoms with van der Waals surface area (Å²) in [6, 6.07) is 4.14. The molecular formula is C18H22BrN3O4. The first kappa shape index (κ1) is 18.7. The normalized spacial score (nSPS) is 19.6. The van der Waals surface area contributed by atoms with E-state index in [0.29, 0.717) is 18.6 Å². The zero-order chi connectivity index (χ0) is 18.9. The number of amides is 4. The van der Waals surface area contributed by atoms with E-state index in [0.717, 1.165) is 27.8 Å². The highest BCUT2D eigenvalue weighted by Gasteiger charge is 2.54. The number of carbonyl (C=O) groups excluding carboxylic acids is 3. The van der Waals surface area contributed by atoms with E-state index in [2.05, 4.69) is 26.6 Å². The fraction of sp³-hybridized carbons (Fsp3) is 0.500. The van der Waals surface area contributed by atoms with Gasteiger partial charge in [-0.25, -0.2) is 9.69 Å². The largest absolute Gasteiger partial charge is 0.496 e. The van der Waals surface area contributed by atoms with Crippen molar-refractivity contribution in [2.24, 2.45) is 0 Å². The van der Waals surface area contributed by atoms with Crippen LogP contribution in [0.5, 0.6) is 5.75 Å². The van der Waals surface area contributed by atoms with Crippen molar-refractivity contribution in [3.05, 3.63) is 28.2 Å². The minimum Gasteiger partial charge on any atom is -0.496 e. The van der Waals surface area contributed by atoms with Crippen molar-refractivity contribution in [3.8, 4) is 5.75 Å². The monoisotopic (exact) mass is 423 g/mol. The Labute approximate surface area is 160 Å². The molecule has 7 nitrogen and oxygen atoms in total. The van der Waals surface area contributed by atoms with Crippen LogP contribution in [0.3, 0.4) is 0 Å². The quantitative estimate of drug-likeness (QED) is 0.711. The first-order chi connectivity index (χ1) is 12.4. The summed E-state index contributed by atoms with van der Waals surface area (Å²) in [7, 11) is 1.56. The van der Waals surface area contributed by atoms with E-state index in [9.17, 15) is 14.4 Å². The molecule has 1 saturated carbocycles. The van der Waals surface area contributed by atoms with Gasteiger partial charge >= 0.3 is 6.03 Å². The number of nitrogens with one attached hydrogen (secondary N) is 2. The third-order valence-electron chi connectivity index (χ3n) is 5.11. The summed E-state index contributed by atoms with van der Waals surface area (Å²) in [5, 5.41) is 5.58. The Kier molecular flexibility index (Phi) is 5.22. The number of urea groups is 1. The molecule has 1 unspecified atom stereocenters. The molecule has 4 amide bonds. The Morgan fingerprint density at radius 3 is 2.73 bits per heavy atom. The van der Waals surface area contributed by atoms with Crippen LogP contribution >= 0.6 is 15.9 Å². The van der Waals surface area contributed by atoms with Gasteiger partial charge in [0.2, 0.25) is 5.91 Å². The van der Waals surface area contributed by atoms with Gasteiger partial charge in [-0.05, 0) is 38.0 Å². The van der Waals surface area contributed by atoms with E-state index in [1.165, 1.54) is 0 Å². The van der Waals surface area contributed by atoms with Crippen molar-refractivity contribution in [2.75, 3.05) is 7.11 Å². The second-order valence-electron chi connectivity index (χ2n) is 6.74. The summed E-state index contributed by atoms with van der Waals surface area (Å²) >= 11 is 3.39. The molecule has 0 radical (unpaired) electrons. The SMILES string of the molecule is COc1ccc(Br)cc1CNC(=O)C(C)N1C(=O)NC2(CCCC2)C1=O. The Morgan fingerprint density at radius 2 is 2.08 bits per heavy atom. The van der Waals surface area contributed by atoms with Crippen molar-refractivity contribution in [3.63, 3.8) is 0 Å². The van der Waals surface area contributed by atoms with Gasteiger partial charge in [-0.1, -0.05) is 28.8 Å². The lowest BCUT2D eigenvalue weighted by atomic mass is 9.97. The number of nitrogens with zero attached hydrogens (tertiary/aromatic N) is 1. The molecule has 1 aromatic carbocycles. The summed E-state index contributed by atoms with van der Waals surface area (Å²) < 4.78 is 6.16. The molecule has 0 bridgehead atoms. The summed E-state index contributed by atoms with van der Waals surface area (Å²) in [5.74, 6) is -0.0192. The third-order valence-corrected chi connectivity index (χ3v) is 5.61. The van der Waals surface area contributed by atoms with E-state index < -0.39 is 17.6 Å². The number of ether oxygens (including phenoxy) is 1. The molecule has 1 atom stereocenters. The second-order valence-corrected chi connectivity index (χ2v) is 7.66. The molecule has 1 aliphatic carbocycles. The molecule has 2 aliphatic rings. The molecule has 140 valence electrons. The Hall–Kier alpha value is -2.09. The van der Waals surface area contributed by atoms with Gasteiger partial charge in [0.25, 0.3) is 5.91 Å². The maximum atomic E-state index is 12.7. The van der Waals surface area contributed by atoms with E-state index in [1.54, 1.807) is 20.1 Å². The smallest absolute Gasteiger partial charge is 0.325 e. The lowest BCUT2D eigenvalue weighted by Crippen LogP contribution is -2.49. The Balaban J connectivity index is 1.68. The summed E-state index contributed by atoms with van der Waals surface area (Å²) in [6.07, 6.45) is 3.08. The van der Waals surface area contributed by atoms with Gasteiger partial charge < -0.3 is 15.4 Å². The van der Waals surface area contributed by atoms with Crippen molar-refractivity contribution >= 4 is 33.8 Å². The lowest BCUT2D eigenvalue weighted by molar-refractivity contribution is -0.137. The van der Waals surface area contributed by atoms with Crippen molar-refractivity contribution in [2.45, 2.75) is 50.7 Å². The molecule has 3 rings (SSSR count). The van der Waals surface area contributed by atoms with E-state index in [4.69, 9.17) is 4.74 Å². The van der Waals surface area contributed by atoms with Crippen LogP contribution in [0, 0.1) is 0 Å². The van der Waals surface area contributed by atoms with Gasteiger partial charge in [-0.3, -0.25) is 9.59 Å². The minimum absolute atomic E-state index is 0.237. The molecule has 0 aromatic heterocycles. The van der Waals surface area contributed by atoms with Gasteiger partial charge in [0, 0.05) is 16.6 Å². The number of hydrogen-bond donors (Lipinski definition) is 2. The molecule has 2 fully saturated rings. The molecular weight excluding hydrogens is 402 g/mol. The minimum atomic E-state index is -0.874. The number of carbonyl (C=O) groups is 3. The van der Waals surface area contributed by atoms with Crippen LogP contribution < -0.4 is 15.4 Å². The maximum Gasteiger partial charge on any atom is 0.325 e. The van der Waals surface area contributed by atoms with Crippen LogP contribution in [0.2, 0.25) is 0 Å². The van der Waals surface area contributed by atoms with Crippen LogP contribution in [0.1, 0.15) is 38.2 Å². The molecule has 1 aromatic rings. The molecule has 2 N–H and O–H groups in total. The number of halogens is 1. The first-order valence-electron chi connectivity index (χ1n) is 8.64. The summed E-state index contributed by atoms with van der Waals surface area (Å²) in [5.41, 5.74) is -0.00837. The van der Waals surface area contributed by atoms with Crippen LogP contribution in [-0.2, 0) is 16.1 Å². The van der Waals surface area contributed by atoms with Gasteiger partial charge in [-0.2, -0.15) is 0 Å². The van der Waals surface area contributed by atoms with Crippen LogP contribution in [-0.4, -0.2) is 41.4 Å². The van der Waals surface area contributed by atoms with Gasteiger partial charge in [0.05, 0.1) is 7.11 Å². The maximum absolute atomic E-state index is 12.7. The average Bonchev–Trinajstić information content (AvgIpc) is 3.18. The molecule has 1 spiro atoms. The van der Waals surface area contributed by atoms with Crippen LogP contribution in [0.25, 0.3) is 0 Å². The highest BCUT2D eigenvalue weighted by atomic mass is 79.9. The van der Waals surface area contributed by atoms with E-state index in [1.807, 2.05) is 12.1 Å². The van der Waals surface area contributed by atoms with Crippen molar-refractivity contribution < 1.29 is 19.1 Å². The predicted molar refractivity (Wildman–Crippen MR) is 98.6 cm³/mol. The zero-order valence-corrected chi connectivity index (χ0v) is 16.4. The predicted octanol–water partition coefficient (Wildman–Crippen LogP) is 2.33. The number of imide groups is 1. The average molecular weight is 424 g/mol. The highest BCUT2D eigenvalue weighted by Crippen LogP contribution is 2.35. The molecule has 8 heteroatoms. The van der Waals surface area contributed by atoms with Crippen LogP contribution in [0.4, 0.5) is 4.79 Å². The van der Waals surface area contributed by atoms with Gasteiger partial charge in [0.1, 0.15) is 17.3 Å². The Morgan fingerprint density at radius 1 is 1.38 bits per heavy atom. The number of hydrogen-bond acceptors (Lipinski definition) is 4. The fourth-order valence-corrected chi connectivity index (χ4v) is 4.05. The zero-order valence-electron chi connectivity index (χ0n) is 14.8. The summed E-state index contributed by atoms with van der Waals surface area (Å²) in [4.78, 5) is 38.6. The number of benzene rings is 1. The molecule has 26 heavy (non-hydrogen) atoms. The van der Waals surface area contributed by atoms with Gasteiger partial charge in [0.15, 0.2) is 0 Å². The molecule has 1 heterocycles. The summed E-state index contributed by atoms with van der Waals surface area (Å²) in [6.45, 7) is 1.81. The van der Waals surface area contributed by atoms with Crippen molar-refractivity contribution in [1.29, 1.82) is 0 Å².